The third kappa shape index (κ3) is 5.77. The van der Waals surface area contributed by atoms with Crippen molar-refractivity contribution >= 4 is 11.9 Å². The van der Waals surface area contributed by atoms with Crippen LogP contribution in [-0.4, -0.2) is 49.2 Å². The molecule has 8 nitrogen and oxygen atoms in total. The molecule has 0 saturated carbocycles. The van der Waals surface area contributed by atoms with Crippen molar-refractivity contribution in [3.63, 3.8) is 0 Å². The Morgan fingerprint density at radius 1 is 1.06 bits per heavy atom. The van der Waals surface area contributed by atoms with E-state index in [-0.39, 0.29) is 32.1 Å². The van der Waals surface area contributed by atoms with Gasteiger partial charge < -0.3 is 29.4 Å². The fourth-order valence-electron chi connectivity index (χ4n) is 3.40. The number of amides is 1. The summed E-state index contributed by atoms with van der Waals surface area (Å²) in [5.74, 6) is -1.74. The molecular weight excluding hydrogens is 414 g/mol. The van der Waals surface area contributed by atoms with Gasteiger partial charge in [-0.1, -0.05) is 19.1 Å². The van der Waals surface area contributed by atoms with Crippen molar-refractivity contribution in [1.29, 1.82) is 0 Å². The maximum absolute atomic E-state index is 12.6. The normalized spacial score (nSPS) is 14.7. The second-order valence-electron chi connectivity index (χ2n) is 7.36. The van der Waals surface area contributed by atoms with Crippen LogP contribution in [0, 0.1) is 0 Å². The van der Waals surface area contributed by atoms with Crippen LogP contribution in [0.4, 0.5) is 0 Å². The van der Waals surface area contributed by atoms with Crippen LogP contribution in [0.2, 0.25) is 0 Å². The molecule has 32 heavy (non-hydrogen) atoms. The van der Waals surface area contributed by atoms with Crippen molar-refractivity contribution in [2.75, 3.05) is 26.4 Å². The lowest BCUT2D eigenvalue weighted by molar-refractivity contribution is -0.200. The highest BCUT2D eigenvalue weighted by Crippen LogP contribution is 2.28. The van der Waals surface area contributed by atoms with E-state index in [1.54, 1.807) is 36.4 Å². The standard InChI is InChI=1S/C24H29NO7/c1-3-11-30-20-8-6-18(7-9-20)22(26)25-16-19-14-17(5-10-21(19)29-4-2)15-24(23(27)28)31-12-13-32-24/h5-10,14H,3-4,11-13,15-16H2,1-2H3,(H,25,26)(H,27,28). The monoisotopic (exact) mass is 443 g/mol. The zero-order valence-electron chi connectivity index (χ0n) is 18.4. The van der Waals surface area contributed by atoms with Crippen LogP contribution in [0.3, 0.4) is 0 Å². The van der Waals surface area contributed by atoms with E-state index in [9.17, 15) is 14.7 Å². The van der Waals surface area contributed by atoms with Crippen LogP contribution >= 0.6 is 0 Å². The summed E-state index contributed by atoms with van der Waals surface area (Å²) < 4.78 is 22.0. The van der Waals surface area contributed by atoms with Gasteiger partial charge in [0, 0.05) is 24.1 Å². The van der Waals surface area contributed by atoms with E-state index in [1.807, 2.05) is 19.9 Å². The molecule has 0 atom stereocenters. The van der Waals surface area contributed by atoms with Crippen LogP contribution in [0.25, 0.3) is 0 Å². The molecule has 3 rings (SSSR count). The maximum Gasteiger partial charge on any atom is 0.364 e. The van der Waals surface area contributed by atoms with Crippen LogP contribution in [0.15, 0.2) is 42.5 Å². The molecule has 0 radical (unpaired) electrons. The summed E-state index contributed by atoms with van der Waals surface area (Å²) in [6.45, 7) is 5.67. The first-order valence-corrected chi connectivity index (χ1v) is 10.7. The summed E-state index contributed by atoms with van der Waals surface area (Å²) in [5, 5.41) is 12.5. The van der Waals surface area contributed by atoms with Gasteiger partial charge >= 0.3 is 5.97 Å². The second kappa shape index (κ2) is 11.0. The first-order chi connectivity index (χ1) is 15.5. The average molecular weight is 443 g/mol. The van der Waals surface area contributed by atoms with E-state index in [1.165, 1.54) is 0 Å². The van der Waals surface area contributed by atoms with Gasteiger partial charge in [-0.25, -0.2) is 4.79 Å². The third-order valence-corrected chi connectivity index (χ3v) is 4.97. The minimum atomic E-state index is -1.69. The largest absolute Gasteiger partial charge is 0.494 e. The fraction of sp³-hybridized carbons (Fsp3) is 0.417. The van der Waals surface area contributed by atoms with E-state index < -0.39 is 11.8 Å². The minimum Gasteiger partial charge on any atom is -0.494 e. The smallest absolute Gasteiger partial charge is 0.364 e. The molecule has 2 aromatic carbocycles. The van der Waals surface area contributed by atoms with Crippen molar-refractivity contribution in [2.45, 2.75) is 39.0 Å². The maximum atomic E-state index is 12.6. The van der Waals surface area contributed by atoms with E-state index in [0.29, 0.717) is 30.1 Å². The molecule has 8 heteroatoms. The molecule has 2 aromatic rings. The van der Waals surface area contributed by atoms with E-state index in [2.05, 4.69) is 5.32 Å². The summed E-state index contributed by atoms with van der Waals surface area (Å²) in [6, 6.07) is 12.3. The van der Waals surface area contributed by atoms with Gasteiger partial charge in [-0.15, -0.1) is 0 Å². The SMILES string of the molecule is CCCOc1ccc(C(=O)NCc2cc(CC3(C(=O)O)OCCO3)ccc2OCC)cc1. The molecule has 2 N–H and O–H groups in total. The number of carboxylic acids is 1. The van der Waals surface area contributed by atoms with E-state index in [4.69, 9.17) is 18.9 Å². The molecule has 0 aliphatic carbocycles. The van der Waals surface area contributed by atoms with Crippen molar-refractivity contribution in [2.24, 2.45) is 0 Å². The van der Waals surface area contributed by atoms with Gasteiger partial charge in [0.05, 0.1) is 26.4 Å². The molecule has 1 saturated heterocycles. The number of carbonyl (C=O) groups is 2. The Hall–Kier alpha value is -3.10. The third-order valence-electron chi connectivity index (χ3n) is 4.97. The Morgan fingerprint density at radius 3 is 2.41 bits per heavy atom. The lowest BCUT2D eigenvalue weighted by Gasteiger charge is -2.23. The second-order valence-corrected chi connectivity index (χ2v) is 7.36. The zero-order valence-corrected chi connectivity index (χ0v) is 18.4. The Bertz CT molecular complexity index is 920. The summed E-state index contributed by atoms with van der Waals surface area (Å²) in [6.07, 6.45) is 0.963. The van der Waals surface area contributed by atoms with Crippen LogP contribution < -0.4 is 14.8 Å². The minimum absolute atomic E-state index is 0.0505. The molecule has 1 fully saturated rings. The molecule has 1 aliphatic rings. The Kier molecular flexibility index (Phi) is 8.08. The Morgan fingerprint density at radius 2 is 1.78 bits per heavy atom. The van der Waals surface area contributed by atoms with Crippen LogP contribution in [0.1, 0.15) is 41.8 Å². The summed E-state index contributed by atoms with van der Waals surface area (Å²) >= 11 is 0. The molecule has 0 spiro atoms. The van der Waals surface area contributed by atoms with Gasteiger partial charge in [0.15, 0.2) is 0 Å². The highest BCUT2D eigenvalue weighted by Gasteiger charge is 2.45. The van der Waals surface area contributed by atoms with Crippen molar-refractivity contribution in [3.8, 4) is 11.5 Å². The number of aliphatic carboxylic acids is 1. The number of hydrogen-bond donors (Lipinski definition) is 2. The van der Waals surface area contributed by atoms with Gasteiger partial charge in [0.1, 0.15) is 11.5 Å². The van der Waals surface area contributed by atoms with Crippen molar-refractivity contribution in [3.05, 3.63) is 59.2 Å². The average Bonchev–Trinajstić information content (AvgIpc) is 3.28. The van der Waals surface area contributed by atoms with Gasteiger partial charge in [0.2, 0.25) is 0 Å². The van der Waals surface area contributed by atoms with E-state index in [0.717, 1.165) is 17.7 Å². The quantitative estimate of drug-likeness (QED) is 0.550. The summed E-state index contributed by atoms with van der Waals surface area (Å²) in [7, 11) is 0. The predicted molar refractivity (Wildman–Crippen MR) is 117 cm³/mol. The first-order valence-electron chi connectivity index (χ1n) is 10.7. The molecule has 1 amide bonds. The summed E-state index contributed by atoms with van der Waals surface area (Å²) in [4.78, 5) is 24.3. The van der Waals surface area contributed by atoms with Gasteiger partial charge in [-0.3, -0.25) is 4.79 Å². The molecule has 1 heterocycles. The van der Waals surface area contributed by atoms with Crippen molar-refractivity contribution in [1.82, 2.24) is 5.32 Å². The van der Waals surface area contributed by atoms with E-state index >= 15 is 0 Å². The lowest BCUT2D eigenvalue weighted by Crippen LogP contribution is -2.42. The van der Waals surface area contributed by atoms with Gasteiger partial charge in [-0.2, -0.15) is 0 Å². The lowest BCUT2D eigenvalue weighted by atomic mass is 10.0. The van der Waals surface area contributed by atoms with Gasteiger partial charge in [-0.05, 0) is 49.2 Å². The van der Waals surface area contributed by atoms with Crippen molar-refractivity contribution < 1.29 is 33.6 Å². The Labute approximate surface area is 187 Å². The number of ether oxygens (including phenoxy) is 4. The number of hydrogen-bond acceptors (Lipinski definition) is 6. The zero-order chi connectivity index (χ0) is 23.0. The number of rotatable bonds is 11. The highest BCUT2D eigenvalue weighted by atomic mass is 16.8. The molecule has 172 valence electrons. The first kappa shape index (κ1) is 23.6. The van der Waals surface area contributed by atoms with Crippen LogP contribution in [-0.2, 0) is 27.2 Å². The predicted octanol–water partition coefficient (Wildman–Crippen LogP) is 3.17. The number of nitrogens with one attached hydrogen (secondary N) is 1. The molecule has 0 bridgehead atoms. The Balaban J connectivity index is 1.70. The topological polar surface area (TPSA) is 103 Å². The highest BCUT2D eigenvalue weighted by molar-refractivity contribution is 5.94. The number of carboxylic acid groups (broad SMARTS) is 1. The molecule has 1 aliphatic heterocycles. The van der Waals surface area contributed by atoms with Crippen LogP contribution in [0.5, 0.6) is 11.5 Å². The number of carbonyl (C=O) groups excluding carboxylic acids is 1. The molecular formula is C24H29NO7. The number of benzene rings is 2. The fourth-order valence-corrected chi connectivity index (χ4v) is 3.40. The molecule has 0 aromatic heterocycles. The summed E-state index contributed by atoms with van der Waals surface area (Å²) in [5.41, 5.74) is 1.96. The molecule has 0 unspecified atom stereocenters. The van der Waals surface area contributed by atoms with Gasteiger partial charge in [0.25, 0.3) is 11.7 Å².